The minimum absolute atomic E-state index is 0.131. The van der Waals surface area contributed by atoms with Gasteiger partial charge in [0, 0.05) is 13.7 Å². The Bertz CT molecular complexity index is 704. The van der Waals surface area contributed by atoms with Gasteiger partial charge in [0.25, 0.3) is 0 Å². The highest BCUT2D eigenvalue weighted by Gasteiger charge is 2.57. The summed E-state index contributed by atoms with van der Waals surface area (Å²) in [4.78, 5) is 0. The minimum Gasteiger partial charge on any atom is -0.376 e. The molecule has 4 bridgehead atoms. The monoisotopic (exact) mass is 367 g/mol. The van der Waals surface area contributed by atoms with Gasteiger partial charge in [-0.05, 0) is 73.5 Å². The molecule has 0 amide bonds. The van der Waals surface area contributed by atoms with Crippen molar-refractivity contribution in [3.05, 3.63) is 35.6 Å². The Balaban J connectivity index is 1.46. The molecule has 0 atom stereocenters. The third kappa shape index (κ3) is 3.24. The molecule has 0 unspecified atom stereocenters. The van der Waals surface area contributed by atoms with E-state index in [9.17, 15) is 12.8 Å². The van der Waals surface area contributed by atoms with E-state index in [1.807, 2.05) is 0 Å². The number of benzene rings is 1. The van der Waals surface area contributed by atoms with Crippen LogP contribution in [0.4, 0.5) is 4.39 Å². The van der Waals surface area contributed by atoms with Crippen molar-refractivity contribution in [2.75, 3.05) is 13.7 Å². The molecule has 1 aromatic carbocycles. The SMILES string of the molecule is COC1(CNS(=O)(=O)Cc2ccc(F)cc2)C2CC3CC(C2)CC1C3. The van der Waals surface area contributed by atoms with E-state index in [1.54, 1.807) is 7.11 Å². The molecule has 5 rings (SSSR count). The third-order valence-electron chi connectivity index (χ3n) is 6.74. The summed E-state index contributed by atoms with van der Waals surface area (Å²) in [5, 5.41) is 0. The van der Waals surface area contributed by atoms with Gasteiger partial charge in [-0.3, -0.25) is 0 Å². The third-order valence-corrected chi connectivity index (χ3v) is 8.04. The summed E-state index contributed by atoms with van der Waals surface area (Å²) in [6.45, 7) is 0.349. The van der Waals surface area contributed by atoms with Gasteiger partial charge in [-0.1, -0.05) is 12.1 Å². The predicted molar refractivity (Wildman–Crippen MR) is 93.8 cm³/mol. The van der Waals surface area contributed by atoms with E-state index in [0.717, 1.165) is 11.8 Å². The van der Waals surface area contributed by atoms with Crippen molar-refractivity contribution in [2.24, 2.45) is 23.7 Å². The second-order valence-electron chi connectivity index (χ2n) is 8.17. The summed E-state index contributed by atoms with van der Waals surface area (Å²) >= 11 is 0. The van der Waals surface area contributed by atoms with E-state index in [1.165, 1.54) is 56.4 Å². The molecule has 6 heteroatoms. The molecule has 4 saturated carbocycles. The minimum atomic E-state index is -3.48. The lowest BCUT2D eigenvalue weighted by molar-refractivity contribution is -0.185. The largest absolute Gasteiger partial charge is 0.376 e. The number of sulfonamides is 1. The number of nitrogens with one attached hydrogen (secondary N) is 1. The smallest absolute Gasteiger partial charge is 0.215 e. The fourth-order valence-electron chi connectivity index (χ4n) is 5.75. The number of halogens is 1. The normalized spacial score (nSPS) is 36.7. The second-order valence-corrected chi connectivity index (χ2v) is 9.98. The van der Waals surface area contributed by atoms with Gasteiger partial charge in [-0.15, -0.1) is 0 Å². The Morgan fingerprint density at radius 3 is 2.16 bits per heavy atom. The molecule has 4 aliphatic carbocycles. The molecule has 1 aromatic rings. The van der Waals surface area contributed by atoms with Gasteiger partial charge in [-0.2, -0.15) is 0 Å². The van der Waals surface area contributed by atoms with Gasteiger partial charge < -0.3 is 4.74 Å². The van der Waals surface area contributed by atoms with Crippen LogP contribution in [0.15, 0.2) is 24.3 Å². The van der Waals surface area contributed by atoms with Gasteiger partial charge in [0.1, 0.15) is 5.82 Å². The maximum atomic E-state index is 13.0. The topological polar surface area (TPSA) is 55.4 Å². The molecule has 4 fully saturated rings. The molecule has 0 aliphatic heterocycles. The van der Waals surface area contributed by atoms with Crippen LogP contribution in [0.1, 0.15) is 37.7 Å². The average Bonchev–Trinajstić information content (AvgIpc) is 2.56. The molecular weight excluding hydrogens is 341 g/mol. The van der Waals surface area contributed by atoms with Crippen LogP contribution in [0, 0.1) is 29.5 Å². The molecule has 0 heterocycles. The van der Waals surface area contributed by atoms with Crippen molar-refractivity contribution < 1.29 is 17.5 Å². The highest BCUT2D eigenvalue weighted by Crippen LogP contribution is 2.59. The summed E-state index contributed by atoms with van der Waals surface area (Å²) in [5.41, 5.74) is 0.231. The Hall–Kier alpha value is -0.980. The van der Waals surface area contributed by atoms with Crippen molar-refractivity contribution in [1.82, 2.24) is 4.72 Å². The Morgan fingerprint density at radius 2 is 1.64 bits per heavy atom. The summed E-state index contributed by atoms with van der Waals surface area (Å²) in [7, 11) is -1.75. The molecule has 0 aromatic heterocycles. The van der Waals surface area contributed by atoms with Crippen LogP contribution >= 0.6 is 0 Å². The van der Waals surface area contributed by atoms with Crippen LogP contribution in [-0.4, -0.2) is 27.7 Å². The molecule has 4 nitrogen and oxygen atoms in total. The van der Waals surface area contributed by atoms with Crippen LogP contribution in [-0.2, 0) is 20.5 Å². The fraction of sp³-hybridized carbons (Fsp3) is 0.684. The van der Waals surface area contributed by atoms with Crippen molar-refractivity contribution in [3.8, 4) is 0 Å². The maximum absolute atomic E-state index is 13.0. The Kier molecular flexibility index (Phi) is 4.41. The molecule has 25 heavy (non-hydrogen) atoms. The lowest BCUT2D eigenvalue weighted by Gasteiger charge is -2.60. The first-order valence-electron chi connectivity index (χ1n) is 9.17. The van der Waals surface area contributed by atoms with Gasteiger partial charge in [0.15, 0.2) is 0 Å². The van der Waals surface area contributed by atoms with Gasteiger partial charge in [0.05, 0.1) is 11.4 Å². The van der Waals surface area contributed by atoms with E-state index in [-0.39, 0.29) is 17.2 Å². The van der Waals surface area contributed by atoms with Gasteiger partial charge in [0.2, 0.25) is 10.0 Å². The Morgan fingerprint density at radius 1 is 1.08 bits per heavy atom. The van der Waals surface area contributed by atoms with Crippen molar-refractivity contribution in [1.29, 1.82) is 0 Å². The fourth-order valence-corrected chi connectivity index (χ4v) is 6.93. The molecule has 0 saturated heterocycles. The van der Waals surface area contributed by atoms with Gasteiger partial charge in [-0.25, -0.2) is 17.5 Å². The molecule has 138 valence electrons. The quantitative estimate of drug-likeness (QED) is 0.841. The zero-order chi connectivity index (χ0) is 17.7. The summed E-state index contributed by atoms with van der Waals surface area (Å²) in [6, 6.07) is 5.62. The van der Waals surface area contributed by atoms with Crippen LogP contribution in [0.25, 0.3) is 0 Å². The zero-order valence-corrected chi connectivity index (χ0v) is 15.4. The zero-order valence-electron chi connectivity index (χ0n) is 14.6. The number of hydrogen-bond acceptors (Lipinski definition) is 3. The number of methoxy groups -OCH3 is 1. The highest BCUT2D eigenvalue weighted by molar-refractivity contribution is 7.88. The lowest BCUT2D eigenvalue weighted by atomic mass is 9.50. The van der Waals surface area contributed by atoms with E-state index < -0.39 is 10.0 Å². The van der Waals surface area contributed by atoms with Crippen molar-refractivity contribution in [2.45, 2.75) is 43.5 Å². The first-order chi connectivity index (χ1) is 11.9. The van der Waals surface area contributed by atoms with Crippen molar-refractivity contribution in [3.63, 3.8) is 0 Å². The van der Waals surface area contributed by atoms with Crippen LogP contribution in [0.3, 0.4) is 0 Å². The second kappa shape index (κ2) is 6.32. The highest BCUT2D eigenvalue weighted by atomic mass is 32.2. The Labute approximate surface area is 149 Å². The summed E-state index contributed by atoms with van der Waals surface area (Å²) in [5.74, 6) is 2.04. The van der Waals surface area contributed by atoms with Crippen LogP contribution < -0.4 is 4.72 Å². The van der Waals surface area contributed by atoms with Gasteiger partial charge >= 0.3 is 0 Å². The van der Waals surface area contributed by atoms with E-state index >= 15 is 0 Å². The standard InChI is InChI=1S/C19H26FNO3S/c1-24-19(16-7-14-6-15(9-16)10-17(19)8-14)12-21-25(22,23)11-13-2-4-18(20)5-3-13/h2-5,14-17,21H,6-12H2,1H3. The molecule has 4 aliphatic rings. The number of ether oxygens (including phenoxy) is 1. The van der Waals surface area contributed by atoms with Crippen LogP contribution in [0.5, 0.6) is 0 Å². The molecule has 0 spiro atoms. The first-order valence-corrected chi connectivity index (χ1v) is 10.8. The van der Waals surface area contributed by atoms with E-state index in [2.05, 4.69) is 4.72 Å². The molecular formula is C19H26FNO3S. The van der Waals surface area contributed by atoms with Crippen molar-refractivity contribution >= 4 is 10.0 Å². The first kappa shape index (κ1) is 17.4. The average molecular weight is 367 g/mol. The van der Waals surface area contributed by atoms with E-state index in [0.29, 0.717) is 23.9 Å². The number of rotatable bonds is 6. The predicted octanol–water partition coefficient (Wildman–Crippen LogP) is 3.09. The number of hydrogen-bond donors (Lipinski definition) is 1. The maximum Gasteiger partial charge on any atom is 0.215 e. The summed E-state index contributed by atoms with van der Waals surface area (Å²) < 4.78 is 46.8. The van der Waals surface area contributed by atoms with Crippen LogP contribution in [0.2, 0.25) is 0 Å². The van der Waals surface area contributed by atoms with E-state index in [4.69, 9.17) is 4.74 Å². The molecule has 1 N–H and O–H groups in total. The molecule has 0 radical (unpaired) electrons. The lowest BCUT2D eigenvalue weighted by Crippen LogP contribution is -2.63. The summed E-state index contributed by atoms with van der Waals surface area (Å²) in [6.07, 6.45) is 6.02.